The van der Waals surface area contributed by atoms with Crippen LogP contribution in [0.4, 0.5) is 13.2 Å². The van der Waals surface area contributed by atoms with Gasteiger partial charge in [0.2, 0.25) is 0 Å². The number of ether oxygens (including phenoxy) is 1. The molecule has 0 saturated carbocycles. The van der Waals surface area contributed by atoms with E-state index in [1.807, 2.05) is 0 Å². The number of alkyl halides is 3. The van der Waals surface area contributed by atoms with Crippen LogP contribution in [0.5, 0.6) is 5.75 Å². The lowest BCUT2D eigenvalue weighted by atomic mass is 9.99. The molecule has 120 valence electrons. The maximum atomic E-state index is 12.1. The summed E-state index contributed by atoms with van der Waals surface area (Å²) in [6, 6.07) is 9.61. The molecular formula is C14H11Cl3F3NO. The number of benzene rings is 2. The lowest BCUT2D eigenvalue weighted by Gasteiger charge is -2.15. The summed E-state index contributed by atoms with van der Waals surface area (Å²) in [5, 5.41) is 0.871. The largest absolute Gasteiger partial charge is 0.573 e. The molecule has 0 bridgehead atoms. The van der Waals surface area contributed by atoms with Crippen LogP contribution in [0.2, 0.25) is 10.0 Å². The molecule has 0 aliphatic rings. The minimum absolute atomic E-state index is 0. The quantitative estimate of drug-likeness (QED) is 0.787. The van der Waals surface area contributed by atoms with Gasteiger partial charge >= 0.3 is 6.36 Å². The van der Waals surface area contributed by atoms with E-state index in [2.05, 4.69) is 4.74 Å². The molecule has 0 aliphatic carbocycles. The van der Waals surface area contributed by atoms with Crippen molar-refractivity contribution in [2.75, 3.05) is 0 Å². The first-order chi connectivity index (χ1) is 9.76. The Morgan fingerprint density at radius 3 is 2.09 bits per heavy atom. The first kappa shape index (κ1) is 18.9. The second-order valence-electron chi connectivity index (χ2n) is 4.26. The average molecular weight is 373 g/mol. The molecular weight excluding hydrogens is 362 g/mol. The second-order valence-corrected chi connectivity index (χ2v) is 5.10. The molecule has 2 rings (SSSR count). The lowest BCUT2D eigenvalue weighted by Crippen LogP contribution is -2.17. The zero-order valence-electron chi connectivity index (χ0n) is 10.9. The van der Waals surface area contributed by atoms with Gasteiger partial charge in [-0.3, -0.25) is 0 Å². The Bertz CT molecular complexity index is 632. The summed E-state index contributed by atoms with van der Waals surface area (Å²) < 4.78 is 40.0. The summed E-state index contributed by atoms with van der Waals surface area (Å²) in [4.78, 5) is 0. The van der Waals surface area contributed by atoms with Crippen LogP contribution in [0.3, 0.4) is 0 Å². The van der Waals surface area contributed by atoms with Gasteiger partial charge in [-0.2, -0.15) is 0 Å². The molecule has 2 aromatic rings. The molecule has 0 aliphatic heterocycles. The zero-order valence-corrected chi connectivity index (χ0v) is 13.2. The summed E-state index contributed by atoms with van der Waals surface area (Å²) >= 11 is 11.9. The van der Waals surface area contributed by atoms with Crippen LogP contribution in [0.15, 0.2) is 42.5 Å². The fraction of sp³-hybridized carbons (Fsp3) is 0.143. The molecule has 2 nitrogen and oxygen atoms in total. The van der Waals surface area contributed by atoms with Crippen LogP contribution in [-0.2, 0) is 0 Å². The number of halogens is 6. The molecule has 1 atom stereocenters. The van der Waals surface area contributed by atoms with E-state index >= 15 is 0 Å². The van der Waals surface area contributed by atoms with Crippen molar-refractivity contribution >= 4 is 35.6 Å². The molecule has 22 heavy (non-hydrogen) atoms. The van der Waals surface area contributed by atoms with Crippen LogP contribution in [0.25, 0.3) is 0 Å². The predicted octanol–water partition coefficient (Wildman–Crippen LogP) is 5.36. The van der Waals surface area contributed by atoms with Crippen molar-refractivity contribution in [3.63, 3.8) is 0 Å². The topological polar surface area (TPSA) is 35.2 Å². The molecule has 2 aromatic carbocycles. The number of rotatable bonds is 3. The second kappa shape index (κ2) is 7.42. The van der Waals surface area contributed by atoms with E-state index < -0.39 is 12.4 Å². The van der Waals surface area contributed by atoms with Gasteiger partial charge in [-0.25, -0.2) is 0 Å². The minimum Gasteiger partial charge on any atom is -0.406 e. The van der Waals surface area contributed by atoms with E-state index in [0.29, 0.717) is 21.2 Å². The van der Waals surface area contributed by atoms with Crippen molar-refractivity contribution in [1.29, 1.82) is 0 Å². The van der Waals surface area contributed by atoms with Crippen molar-refractivity contribution in [3.05, 3.63) is 63.6 Å². The zero-order chi connectivity index (χ0) is 15.6. The predicted molar refractivity (Wildman–Crippen MR) is 82.9 cm³/mol. The first-order valence-electron chi connectivity index (χ1n) is 5.82. The average Bonchev–Trinajstić information content (AvgIpc) is 2.37. The number of hydrogen-bond donors (Lipinski definition) is 1. The van der Waals surface area contributed by atoms with E-state index in [4.69, 9.17) is 28.9 Å². The Kier molecular flexibility index (Phi) is 6.38. The molecule has 0 aromatic heterocycles. The van der Waals surface area contributed by atoms with Gasteiger partial charge in [0.1, 0.15) is 5.75 Å². The summed E-state index contributed by atoms with van der Waals surface area (Å²) in [5.41, 5.74) is 7.29. The monoisotopic (exact) mass is 371 g/mol. The van der Waals surface area contributed by atoms with Crippen LogP contribution in [0, 0.1) is 0 Å². The van der Waals surface area contributed by atoms with Crippen molar-refractivity contribution < 1.29 is 17.9 Å². The van der Waals surface area contributed by atoms with E-state index in [1.165, 1.54) is 24.3 Å². The van der Waals surface area contributed by atoms with E-state index in [0.717, 1.165) is 0 Å². The van der Waals surface area contributed by atoms with Crippen molar-refractivity contribution in [2.45, 2.75) is 12.4 Å². The third kappa shape index (κ3) is 4.95. The van der Waals surface area contributed by atoms with Gasteiger partial charge in [0.05, 0.1) is 6.04 Å². The first-order valence-corrected chi connectivity index (χ1v) is 6.58. The summed E-state index contributed by atoms with van der Waals surface area (Å²) in [6.45, 7) is 0. The Labute approximate surface area is 141 Å². The molecule has 0 heterocycles. The summed E-state index contributed by atoms with van der Waals surface area (Å²) in [6.07, 6.45) is -4.72. The minimum atomic E-state index is -4.72. The Morgan fingerprint density at radius 2 is 1.59 bits per heavy atom. The molecule has 0 amide bonds. The Balaban J connectivity index is 0.00000242. The van der Waals surface area contributed by atoms with Gasteiger partial charge in [0.15, 0.2) is 0 Å². The lowest BCUT2D eigenvalue weighted by molar-refractivity contribution is -0.274. The molecule has 0 radical (unpaired) electrons. The van der Waals surface area contributed by atoms with Gasteiger partial charge in [-0.1, -0.05) is 41.4 Å². The van der Waals surface area contributed by atoms with E-state index in [-0.39, 0.29) is 18.2 Å². The SMILES string of the molecule is Cl.N[C@H](c1ccc(OC(F)(F)F)cc1)c1ccc(Cl)cc1Cl. The van der Waals surface area contributed by atoms with Gasteiger partial charge in [0.25, 0.3) is 0 Å². The van der Waals surface area contributed by atoms with Crippen molar-refractivity contribution in [2.24, 2.45) is 5.73 Å². The van der Waals surface area contributed by atoms with Crippen LogP contribution in [0.1, 0.15) is 17.2 Å². The molecule has 8 heteroatoms. The normalized spacial score (nSPS) is 12.5. The number of nitrogens with two attached hydrogens (primary N) is 1. The molecule has 0 saturated heterocycles. The molecule has 0 unspecified atom stereocenters. The molecule has 0 fully saturated rings. The van der Waals surface area contributed by atoms with Gasteiger partial charge in [-0.05, 0) is 35.4 Å². The highest BCUT2D eigenvalue weighted by Crippen LogP contribution is 2.30. The summed E-state index contributed by atoms with van der Waals surface area (Å²) in [5.74, 6) is -0.305. The van der Waals surface area contributed by atoms with E-state index in [1.54, 1.807) is 18.2 Å². The fourth-order valence-corrected chi connectivity index (χ4v) is 2.34. The number of hydrogen-bond acceptors (Lipinski definition) is 2. The van der Waals surface area contributed by atoms with Gasteiger partial charge < -0.3 is 10.5 Å². The maximum Gasteiger partial charge on any atom is 0.573 e. The maximum absolute atomic E-state index is 12.1. The van der Waals surface area contributed by atoms with E-state index in [9.17, 15) is 13.2 Å². The third-order valence-corrected chi connectivity index (χ3v) is 3.33. The summed E-state index contributed by atoms with van der Waals surface area (Å²) in [7, 11) is 0. The molecule has 2 N–H and O–H groups in total. The molecule has 0 spiro atoms. The Morgan fingerprint density at radius 1 is 1.00 bits per heavy atom. The standard InChI is InChI=1S/C14H10Cl2F3NO.ClH/c15-9-3-6-11(12(16)7-9)13(20)8-1-4-10(5-2-8)21-14(17,18)19;/h1-7,13H,20H2;1H/t13-;/m1./s1. The van der Waals surface area contributed by atoms with Gasteiger partial charge in [-0.15, -0.1) is 25.6 Å². The highest BCUT2D eigenvalue weighted by molar-refractivity contribution is 6.35. The fourth-order valence-electron chi connectivity index (χ4n) is 1.81. The highest BCUT2D eigenvalue weighted by atomic mass is 35.5. The highest BCUT2D eigenvalue weighted by Gasteiger charge is 2.31. The van der Waals surface area contributed by atoms with Crippen molar-refractivity contribution in [3.8, 4) is 5.75 Å². The van der Waals surface area contributed by atoms with Crippen LogP contribution in [-0.4, -0.2) is 6.36 Å². The van der Waals surface area contributed by atoms with Crippen molar-refractivity contribution in [1.82, 2.24) is 0 Å². The third-order valence-electron chi connectivity index (χ3n) is 2.77. The smallest absolute Gasteiger partial charge is 0.406 e. The Hall–Kier alpha value is -1.14. The van der Waals surface area contributed by atoms with Crippen LogP contribution < -0.4 is 10.5 Å². The van der Waals surface area contributed by atoms with Crippen LogP contribution >= 0.6 is 35.6 Å². The van der Waals surface area contributed by atoms with Gasteiger partial charge in [0, 0.05) is 10.0 Å².